The SMILES string of the molecule is CCN(c1ccc2sc(C(=O)Nc3cc(Cl)ccc3Oc3ccccc3)cc2c1)S(=O)(=O)c1ccc(C)cc1. The average molecular weight is 577 g/mol. The minimum absolute atomic E-state index is 0.232. The Kier molecular flexibility index (Phi) is 7.61. The van der Waals surface area contributed by atoms with Gasteiger partial charge in [-0.15, -0.1) is 11.3 Å². The summed E-state index contributed by atoms with van der Waals surface area (Å²) in [4.78, 5) is 13.9. The third kappa shape index (κ3) is 5.78. The van der Waals surface area contributed by atoms with Crippen molar-refractivity contribution < 1.29 is 17.9 Å². The third-order valence-electron chi connectivity index (χ3n) is 6.07. The lowest BCUT2D eigenvalue weighted by atomic mass is 10.2. The molecule has 0 radical (unpaired) electrons. The van der Waals surface area contributed by atoms with E-state index in [1.54, 1.807) is 67.6 Å². The van der Waals surface area contributed by atoms with Crippen LogP contribution in [0.1, 0.15) is 22.2 Å². The summed E-state index contributed by atoms with van der Waals surface area (Å²) in [6.45, 7) is 3.97. The molecule has 0 aliphatic heterocycles. The molecule has 5 aromatic rings. The molecule has 0 aliphatic carbocycles. The summed E-state index contributed by atoms with van der Waals surface area (Å²) >= 11 is 7.52. The minimum Gasteiger partial charge on any atom is -0.455 e. The Morgan fingerprint density at radius 3 is 2.41 bits per heavy atom. The van der Waals surface area contributed by atoms with Crippen LogP contribution in [0.3, 0.4) is 0 Å². The van der Waals surface area contributed by atoms with Gasteiger partial charge < -0.3 is 10.1 Å². The first-order chi connectivity index (χ1) is 18.7. The van der Waals surface area contributed by atoms with E-state index in [9.17, 15) is 13.2 Å². The van der Waals surface area contributed by atoms with Gasteiger partial charge in [-0.1, -0.05) is 47.5 Å². The van der Waals surface area contributed by atoms with Crippen LogP contribution >= 0.6 is 22.9 Å². The lowest BCUT2D eigenvalue weighted by Crippen LogP contribution is -2.30. The van der Waals surface area contributed by atoms with Crippen LogP contribution in [0, 0.1) is 6.92 Å². The number of para-hydroxylation sites is 1. The molecule has 0 unspecified atom stereocenters. The number of amides is 1. The molecule has 1 heterocycles. The summed E-state index contributed by atoms with van der Waals surface area (Å²) in [6.07, 6.45) is 0. The first-order valence-corrected chi connectivity index (χ1v) is 14.8. The molecule has 198 valence electrons. The highest BCUT2D eigenvalue weighted by molar-refractivity contribution is 7.92. The molecule has 0 fully saturated rings. The first kappa shape index (κ1) is 26.7. The summed E-state index contributed by atoms with van der Waals surface area (Å²) in [6, 6.07) is 28.2. The van der Waals surface area contributed by atoms with Gasteiger partial charge in [-0.2, -0.15) is 0 Å². The predicted octanol–water partition coefficient (Wildman–Crippen LogP) is 8.12. The highest BCUT2D eigenvalue weighted by Gasteiger charge is 2.24. The Labute approximate surface area is 236 Å². The summed E-state index contributed by atoms with van der Waals surface area (Å²) in [5.41, 5.74) is 1.96. The Balaban J connectivity index is 1.41. The molecule has 39 heavy (non-hydrogen) atoms. The smallest absolute Gasteiger partial charge is 0.265 e. The Morgan fingerprint density at radius 2 is 1.69 bits per heavy atom. The zero-order valence-corrected chi connectivity index (χ0v) is 23.6. The topological polar surface area (TPSA) is 75.7 Å². The van der Waals surface area contributed by atoms with Crippen LogP contribution in [-0.4, -0.2) is 20.9 Å². The van der Waals surface area contributed by atoms with Crippen LogP contribution in [0.15, 0.2) is 102 Å². The zero-order chi connectivity index (χ0) is 27.6. The quantitative estimate of drug-likeness (QED) is 0.202. The van der Waals surface area contributed by atoms with E-state index >= 15 is 0 Å². The zero-order valence-electron chi connectivity index (χ0n) is 21.2. The number of benzene rings is 4. The number of nitrogens with zero attached hydrogens (tertiary/aromatic N) is 1. The van der Waals surface area contributed by atoms with E-state index in [-0.39, 0.29) is 17.3 Å². The summed E-state index contributed by atoms with van der Waals surface area (Å²) in [5.74, 6) is 0.769. The summed E-state index contributed by atoms with van der Waals surface area (Å²) in [5, 5.41) is 4.13. The number of carbonyl (C=O) groups excluding carboxylic acids is 1. The summed E-state index contributed by atoms with van der Waals surface area (Å²) < 4.78 is 34.9. The van der Waals surface area contributed by atoms with Crippen molar-refractivity contribution in [1.82, 2.24) is 0 Å². The van der Waals surface area contributed by atoms with Crippen LogP contribution < -0.4 is 14.4 Å². The van der Waals surface area contributed by atoms with E-state index in [0.717, 1.165) is 15.6 Å². The number of anilines is 2. The van der Waals surface area contributed by atoms with Gasteiger partial charge >= 0.3 is 0 Å². The fourth-order valence-corrected chi connectivity index (χ4v) is 6.69. The third-order valence-corrected chi connectivity index (χ3v) is 9.34. The van der Waals surface area contributed by atoms with E-state index in [4.69, 9.17) is 16.3 Å². The molecule has 6 nitrogen and oxygen atoms in total. The van der Waals surface area contributed by atoms with Gasteiger partial charge in [0.2, 0.25) is 0 Å². The van der Waals surface area contributed by atoms with Gasteiger partial charge in [0.25, 0.3) is 15.9 Å². The van der Waals surface area contributed by atoms with Crippen LogP contribution in [0.5, 0.6) is 11.5 Å². The van der Waals surface area contributed by atoms with Gasteiger partial charge in [0.15, 0.2) is 5.75 Å². The number of hydrogen-bond acceptors (Lipinski definition) is 5. The van der Waals surface area contributed by atoms with Crippen molar-refractivity contribution in [3.63, 3.8) is 0 Å². The second-order valence-electron chi connectivity index (χ2n) is 8.83. The monoisotopic (exact) mass is 576 g/mol. The maximum Gasteiger partial charge on any atom is 0.265 e. The van der Waals surface area contributed by atoms with Crippen molar-refractivity contribution in [2.75, 3.05) is 16.2 Å². The van der Waals surface area contributed by atoms with E-state index in [1.807, 2.05) is 43.3 Å². The number of rotatable bonds is 8. The molecule has 0 aliphatic rings. The van der Waals surface area contributed by atoms with Crippen molar-refractivity contribution in [1.29, 1.82) is 0 Å². The van der Waals surface area contributed by atoms with Crippen molar-refractivity contribution in [3.05, 3.63) is 113 Å². The van der Waals surface area contributed by atoms with Gasteiger partial charge in [0.05, 0.1) is 21.1 Å². The molecule has 1 N–H and O–H groups in total. The van der Waals surface area contributed by atoms with Crippen molar-refractivity contribution >= 4 is 60.3 Å². The van der Waals surface area contributed by atoms with E-state index in [0.29, 0.717) is 32.8 Å². The molecule has 0 atom stereocenters. The molecular weight excluding hydrogens is 552 g/mol. The van der Waals surface area contributed by atoms with Gasteiger partial charge in [-0.3, -0.25) is 9.10 Å². The first-order valence-electron chi connectivity index (χ1n) is 12.2. The largest absolute Gasteiger partial charge is 0.455 e. The van der Waals surface area contributed by atoms with E-state index in [1.165, 1.54) is 15.6 Å². The van der Waals surface area contributed by atoms with Gasteiger partial charge in [0.1, 0.15) is 5.75 Å². The number of sulfonamides is 1. The molecule has 1 amide bonds. The van der Waals surface area contributed by atoms with Crippen LogP contribution in [-0.2, 0) is 10.0 Å². The standard InChI is InChI=1S/C30H25ClN2O4S2/c1-3-33(39(35,36)25-13-9-20(2)10-14-25)23-12-16-28-21(17-23)18-29(38-28)30(34)32-26-19-22(31)11-15-27(26)37-24-7-5-4-6-8-24/h4-19H,3H2,1-2H3,(H,32,34). The predicted molar refractivity (Wildman–Crippen MR) is 159 cm³/mol. The molecule has 0 saturated carbocycles. The maximum atomic E-state index is 13.4. The Morgan fingerprint density at radius 1 is 0.949 bits per heavy atom. The number of halogens is 1. The second-order valence-corrected chi connectivity index (χ2v) is 12.2. The molecule has 0 bridgehead atoms. The van der Waals surface area contributed by atoms with Crippen molar-refractivity contribution in [2.24, 2.45) is 0 Å². The second kappa shape index (κ2) is 11.1. The van der Waals surface area contributed by atoms with Crippen molar-refractivity contribution in [2.45, 2.75) is 18.7 Å². The normalized spacial score (nSPS) is 11.4. The number of ether oxygens (including phenoxy) is 1. The molecule has 5 rings (SSSR count). The van der Waals surface area contributed by atoms with Crippen LogP contribution in [0.25, 0.3) is 10.1 Å². The van der Waals surface area contributed by atoms with Crippen LogP contribution in [0.4, 0.5) is 11.4 Å². The molecule has 0 saturated heterocycles. The lowest BCUT2D eigenvalue weighted by molar-refractivity contribution is 0.103. The number of hydrogen-bond donors (Lipinski definition) is 1. The van der Waals surface area contributed by atoms with E-state index in [2.05, 4.69) is 5.32 Å². The highest BCUT2D eigenvalue weighted by atomic mass is 35.5. The molecular formula is C30H25ClN2O4S2. The highest BCUT2D eigenvalue weighted by Crippen LogP contribution is 2.35. The lowest BCUT2D eigenvalue weighted by Gasteiger charge is -2.23. The average Bonchev–Trinajstić information content (AvgIpc) is 3.35. The number of nitrogens with one attached hydrogen (secondary N) is 1. The van der Waals surface area contributed by atoms with Gasteiger partial charge in [-0.25, -0.2) is 8.42 Å². The van der Waals surface area contributed by atoms with Gasteiger partial charge in [-0.05, 0) is 86.0 Å². The van der Waals surface area contributed by atoms with Gasteiger partial charge in [0, 0.05) is 16.3 Å². The van der Waals surface area contributed by atoms with E-state index < -0.39 is 10.0 Å². The molecule has 4 aromatic carbocycles. The summed E-state index contributed by atoms with van der Waals surface area (Å²) in [7, 11) is -3.74. The maximum absolute atomic E-state index is 13.4. The molecule has 1 aromatic heterocycles. The minimum atomic E-state index is -3.74. The number of aryl methyl sites for hydroxylation is 1. The number of carbonyl (C=O) groups is 1. The molecule has 9 heteroatoms. The number of fused-ring (bicyclic) bond motifs is 1. The number of thiophene rings is 1. The molecule has 0 spiro atoms. The van der Waals surface area contributed by atoms with Crippen molar-refractivity contribution in [3.8, 4) is 11.5 Å². The van der Waals surface area contributed by atoms with Crippen LogP contribution in [0.2, 0.25) is 5.02 Å². The Bertz CT molecular complexity index is 1750. The fourth-order valence-electron chi connectivity index (χ4n) is 4.11. The fraction of sp³-hybridized carbons (Fsp3) is 0.100. The Hall–Kier alpha value is -3.85.